The minimum Gasteiger partial charge on any atom is -0.425 e. The van der Waals surface area contributed by atoms with Crippen molar-refractivity contribution in [2.75, 3.05) is 0 Å². The summed E-state index contributed by atoms with van der Waals surface area (Å²) in [5, 5.41) is 0. The van der Waals surface area contributed by atoms with Crippen LogP contribution < -0.4 is 9.47 Å². The largest absolute Gasteiger partial charge is 0.425 e. The molecule has 0 aliphatic heterocycles. The van der Waals surface area contributed by atoms with Gasteiger partial charge in [-0.15, -0.1) is 0 Å². The van der Waals surface area contributed by atoms with E-state index >= 15 is 0 Å². The van der Waals surface area contributed by atoms with E-state index in [1.165, 1.54) is 13.8 Å². The molecule has 0 atom stereocenters. The van der Waals surface area contributed by atoms with Gasteiger partial charge in [0.15, 0.2) is 11.5 Å². The third-order valence-electron chi connectivity index (χ3n) is 2.80. The molecular formula is C16H10Br4O4. The van der Waals surface area contributed by atoms with Gasteiger partial charge in [-0.1, -0.05) is 31.9 Å². The van der Waals surface area contributed by atoms with Gasteiger partial charge >= 0.3 is 11.9 Å². The SMILES string of the molecule is CC(=O)Oc1c(Br)cc(Br)cc1-c1cc(Br)cc(Br)c1OC(C)=O. The molecule has 8 heteroatoms. The molecule has 2 aromatic carbocycles. The molecule has 0 saturated heterocycles. The van der Waals surface area contributed by atoms with E-state index in [-0.39, 0.29) is 0 Å². The van der Waals surface area contributed by atoms with Crippen LogP contribution in [-0.4, -0.2) is 11.9 Å². The van der Waals surface area contributed by atoms with Gasteiger partial charge in [-0.05, 0) is 56.1 Å². The fourth-order valence-electron chi connectivity index (χ4n) is 2.02. The Morgan fingerprint density at radius 2 is 1.04 bits per heavy atom. The molecule has 0 saturated carbocycles. The zero-order valence-electron chi connectivity index (χ0n) is 12.5. The Balaban J connectivity index is 2.80. The molecule has 0 aliphatic rings. The summed E-state index contributed by atoms with van der Waals surface area (Å²) in [5.74, 6) is -0.238. The van der Waals surface area contributed by atoms with Crippen molar-refractivity contribution in [2.45, 2.75) is 13.8 Å². The smallest absolute Gasteiger partial charge is 0.308 e. The van der Waals surface area contributed by atoms with Crippen molar-refractivity contribution in [2.24, 2.45) is 0 Å². The summed E-state index contributed by atoms with van der Waals surface area (Å²) in [6, 6.07) is 7.09. The molecule has 0 spiro atoms. The maximum Gasteiger partial charge on any atom is 0.308 e. The Hall–Kier alpha value is -0.700. The first-order chi connectivity index (χ1) is 11.2. The number of benzene rings is 2. The Labute approximate surface area is 172 Å². The van der Waals surface area contributed by atoms with E-state index in [1.807, 2.05) is 0 Å². The maximum atomic E-state index is 11.5. The van der Waals surface area contributed by atoms with Crippen molar-refractivity contribution in [3.8, 4) is 22.6 Å². The third-order valence-corrected chi connectivity index (χ3v) is 4.89. The maximum absolute atomic E-state index is 11.5. The van der Waals surface area contributed by atoms with E-state index in [0.29, 0.717) is 31.6 Å². The summed E-state index contributed by atoms with van der Waals surface area (Å²) in [4.78, 5) is 22.9. The van der Waals surface area contributed by atoms with Crippen molar-refractivity contribution in [3.05, 3.63) is 42.2 Å². The minimum absolute atomic E-state index is 0.337. The predicted octanol–water partition coefficient (Wildman–Crippen LogP) is 6.25. The highest BCUT2D eigenvalue weighted by Gasteiger charge is 2.21. The number of ether oxygens (including phenoxy) is 2. The Kier molecular flexibility index (Phi) is 6.64. The van der Waals surface area contributed by atoms with Gasteiger partial charge in [0, 0.05) is 33.9 Å². The Morgan fingerprint density at radius 1 is 0.708 bits per heavy atom. The molecule has 0 amide bonds. The van der Waals surface area contributed by atoms with Crippen molar-refractivity contribution >= 4 is 75.7 Å². The highest BCUT2D eigenvalue weighted by atomic mass is 79.9. The average Bonchev–Trinajstić information content (AvgIpc) is 2.43. The lowest BCUT2D eigenvalue weighted by Crippen LogP contribution is -2.06. The van der Waals surface area contributed by atoms with Crippen LogP contribution in [0.25, 0.3) is 11.1 Å². The molecule has 2 aromatic rings. The highest BCUT2D eigenvalue weighted by molar-refractivity contribution is 9.11. The van der Waals surface area contributed by atoms with Crippen LogP contribution in [0.1, 0.15) is 13.8 Å². The van der Waals surface area contributed by atoms with Crippen LogP contribution in [0.2, 0.25) is 0 Å². The molecule has 126 valence electrons. The normalized spacial score (nSPS) is 10.4. The molecule has 0 fully saturated rings. The summed E-state index contributed by atoms with van der Waals surface area (Å²) in [6.07, 6.45) is 0. The molecule has 0 bridgehead atoms. The lowest BCUT2D eigenvalue weighted by molar-refractivity contribution is -0.133. The number of halogens is 4. The second-order valence-electron chi connectivity index (χ2n) is 4.72. The van der Waals surface area contributed by atoms with Crippen LogP contribution >= 0.6 is 63.7 Å². The van der Waals surface area contributed by atoms with Gasteiger partial charge in [0.2, 0.25) is 0 Å². The molecular weight excluding hydrogens is 576 g/mol. The molecule has 0 radical (unpaired) electrons. The quantitative estimate of drug-likeness (QED) is 0.316. The zero-order chi connectivity index (χ0) is 18.0. The van der Waals surface area contributed by atoms with Gasteiger partial charge < -0.3 is 9.47 Å². The number of hydrogen-bond acceptors (Lipinski definition) is 4. The minimum atomic E-state index is -0.456. The topological polar surface area (TPSA) is 52.6 Å². The van der Waals surface area contributed by atoms with E-state index < -0.39 is 11.9 Å². The summed E-state index contributed by atoms with van der Waals surface area (Å²) < 4.78 is 13.4. The number of carbonyl (C=O) groups excluding carboxylic acids is 2. The monoisotopic (exact) mass is 582 g/mol. The van der Waals surface area contributed by atoms with Gasteiger partial charge in [-0.3, -0.25) is 9.59 Å². The van der Waals surface area contributed by atoms with Crippen LogP contribution in [-0.2, 0) is 9.59 Å². The molecule has 0 aliphatic carbocycles. The fraction of sp³-hybridized carbons (Fsp3) is 0.125. The molecule has 24 heavy (non-hydrogen) atoms. The second-order valence-corrected chi connectivity index (χ2v) is 8.26. The summed E-state index contributed by atoms with van der Waals surface area (Å²) >= 11 is 13.6. The number of esters is 2. The van der Waals surface area contributed by atoms with E-state index in [9.17, 15) is 9.59 Å². The number of hydrogen-bond donors (Lipinski definition) is 0. The van der Waals surface area contributed by atoms with Gasteiger partial charge in [0.25, 0.3) is 0 Å². The molecule has 0 N–H and O–H groups in total. The zero-order valence-corrected chi connectivity index (χ0v) is 18.8. The van der Waals surface area contributed by atoms with Crippen molar-refractivity contribution < 1.29 is 19.1 Å². The summed E-state index contributed by atoms with van der Waals surface area (Å²) in [7, 11) is 0. The van der Waals surface area contributed by atoms with Gasteiger partial charge in [-0.25, -0.2) is 0 Å². The first-order valence-corrected chi connectivity index (χ1v) is 9.71. The first-order valence-electron chi connectivity index (χ1n) is 6.54. The highest BCUT2D eigenvalue weighted by Crippen LogP contribution is 2.46. The standard InChI is InChI=1S/C16H10Br4O4/c1-7(21)23-15-11(3-9(17)5-13(15)19)12-4-10(18)6-14(20)16(12)24-8(2)22/h3-6H,1-2H3. The van der Waals surface area contributed by atoms with Gasteiger partial charge in [0.1, 0.15) is 0 Å². The predicted molar refractivity (Wildman–Crippen MR) is 105 cm³/mol. The third kappa shape index (κ3) is 4.68. The van der Waals surface area contributed by atoms with Crippen LogP contribution in [0.15, 0.2) is 42.2 Å². The molecule has 2 rings (SSSR count). The second kappa shape index (κ2) is 8.12. The summed E-state index contributed by atoms with van der Waals surface area (Å²) in [6.45, 7) is 2.64. The van der Waals surface area contributed by atoms with Crippen molar-refractivity contribution in [1.29, 1.82) is 0 Å². The van der Waals surface area contributed by atoms with Crippen molar-refractivity contribution in [1.82, 2.24) is 0 Å². The number of rotatable bonds is 3. The van der Waals surface area contributed by atoms with Crippen LogP contribution in [0.4, 0.5) is 0 Å². The van der Waals surface area contributed by atoms with E-state index in [1.54, 1.807) is 24.3 Å². The lowest BCUT2D eigenvalue weighted by Gasteiger charge is -2.16. The van der Waals surface area contributed by atoms with E-state index in [0.717, 1.165) is 8.95 Å². The van der Waals surface area contributed by atoms with Crippen LogP contribution in [0.5, 0.6) is 11.5 Å². The van der Waals surface area contributed by atoms with Crippen molar-refractivity contribution in [3.63, 3.8) is 0 Å². The number of carbonyl (C=O) groups is 2. The van der Waals surface area contributed by atoms with Crippen LogP contribution in [0.3, 0.4) is 0 Å². The molecule has 4 nitrogen and oxygen atoms in total. The Bertz CT molecular complexity index is 764. The molecule has 0 unspecified atom stereocenters. The molecule has 0 heterocycles. The average molecular weight is 586 g/mol. The van der Waals surface area contributed by atoms with E-state index in [2.05, 4.69) is 63.7 Å². The van der Waals surface area contributed by atoms with Gasteiger partial charge in [-0.2, -0.15) is 0 Å². The Morgan fingerprint density at radius 3 is 1.33 bits per heavy atom. The first kappa shape index (κ1) is 19.6. The van der Waals surface area contributed by atoms with Crippen LogP contribution in [0, 0.1) is 0 Å². The van der Waals surface area contributed by atoms with E-state index in [4.69, 9.17) is 9.47 Å². The molecule has 0 aromatic heterocycles. The lowest BCUT2D eigenvalue weighted by atomic mass is 10.0. The fourth-order valence-corrected chi connectivity index (χ4v) is 4.63. The van der Waals surface area contributed by atoms with Gasteiger partial charge in [0.05, 0.1) is 8.95 Å². The summed E-state index contributed by atoms with van der Waals surface area (Å²) in [5.41, 5.74) is 1.18.